The van der Waals surface area contributed by atoms with Gasteiger partial charge in [0.15, 0.2) is 0 Å². The molecule has 2 N–H and O–H groups in total. The van der Waals surface area contributed by atoms with Crippen molar-refractivity contribution in [3.63, 3.8) is 0 Å². The number of ether oxygens (including phenoxy) is 1. The highest BCUT2D eigenvalue weighted by Crippen LogP contribution is 2.06. The zero-order chi connectivity index (χ0) is 15.9. The highest BCUT2D eigenvalue weighted by atomic mass is 32.2. The van der Waals surface area contributed by atoms with Gasteiger partial charge in [0.1, 0.15) is 0 Å². The molecule has 7 nitrogen and oxygen atoms in total. The minimum absolute atomic E-state index is 0.0615. The first-order valence-electron chi connectivity index (χ1n) is 6.20. The van der Waals surface area contributed by atoms with Gasteiger partial charge in [-0.2, -0.15) is 0 Å². The normalized spacial score (nSPS) is 11.1. The molecule has 1 aromatic carbocycles. The van der Waals surface area contributed by atoms with Gasteiger partial charge < -0.3 is 9.84 Å². The molecule has 0 fully saturated rings. The van der Waals surface area contributed by atoms with E-state index in [1.54, 1.807) is 24.3 Å². The van der Waals surface area contributed by atoms with Gasteiger partial charge in [0.25, 0.3) is 0 Å². The van der Waals surface area contributed by atoms with E-state index in [2.05, 4.69) is 9.46 Å². The fraction of sp³-hybridized carbons (Fsp3) is 0.385. The van der Waals surface area contributed by atoms with E-state index < -0.39 is 22.0 Å². The van der Waals surface area contributed by atoms with Crippen LogP contribution in [0.15, 0.2) is 24.3 Å². The number of sulfonamides is 1. The first-order chi connectivity index (χ1) is 9.84. The van der Waals surface area contributed by atoms with Crippen molar-refractivity contribution in [2.24, 2.45) is 0 Å². The molecule has 0 aliphatic rings. The highest BCUT2D eigenvalue weighted by molar-refractivity contribution is 7.89. The van der Waals surface area contributed by atoms with E-state index in [1.165, 1.54) is 7.11 Å². The Bertz CT molecular complexity index is 594. The summed E-state index contributed by atoms with van der Waals surface area (Å²) in [6.07, 6.45) is -0.124. The largest absolute Gasteiger partial charge is 0.481 e. The fourth-order valence-electron chi connectivity index (χ4n) is 1.56. The lowest BCUT2D eigenvalue weighted by Gasteiger charge is -2.07. The van der Waals surface area contributed by atoms with Crippen molar-refractivity contribution < 1.29 is 27.9 Å². The molecule has 21 heavy (non-hydrogen) atoms. The molecule has 116 valence electrons. The summed E-state index contributed by atoms with van der Waals surface area (Å²) >= 11 is 0. The van der Waals surface area contributed by atoms with Crippen molar-refractivity contribution in [3.05, 3.63) is 35.4 Å². The molecular formula is C13H17NO6S. The van der Waals surface area contributed by atoms with Crippen LogP contribution in [0.3, 0.4) is 0 Å². The molecule has 0 spiro atoms. The number of carboxylic acid groups (broad SMARTS) is 1. The van der Waals surface area contributed by atoms with Crippen LogP contribution >= 0.6 is 0 Å². The SMILES string of the molecule is COC(=O)c1ccc(CNS(=O)(=O)CCCC(=O)O)cc1. The van der Waals surface area contributed by atoms with Crippen molar-refractivity contribution >= 4 is 22.0 Å². The molecule has 0 saturated carbocycles. The van der Waals surface area contributed by atoms with Crippen molar-refractivity contribution in [1.82, 2.24) is 4.72 Å². The summed E-state index contributed by atoms with van der Waals surface area (Å²) in [4.78, 5) is 21.6. The third-order valence-corrected chi connectivity index (χ3v) is 4.09. The standard InChI is InChI=1S/C13H17NO6S/c1-20-13(17)11-6-4-10(5-7-11)9-14-21(18,19)8-2-3-12(15)16/h4-7,14H,2-3,8-9H2,1H3,(H,15,16). The third-order valence-electron chi connectivity index (χ3n) is 2.67. The molecule has 1 rings (SSSR count). The lowest BCUT2D eigenvalue weighted by Crippen LogP contribution is -2.26. The van der Waals surface area contributed by atoms with Gasteiger partial charge in [-0.15, -0.1) is 0 Å². The summed E-state index contributed by atoms with van der Waals surface area (Å²) < 4.78 is 30.2. The molecule has 0 heterocycles. The third kappa shape index (κ3) is 6.37. The minimum Gasteiger partial charge on any atom is -0.481 e. The van der Waals surface area contributed by atoms with Crippen LogP contribution in [0.2, 0.25) is 0 Å². The van der Waals surface area contributed by atoms with Gasteiger partial charge >= 0.3 is 11.9 Å². The summed E-state index contributed by atoms with van der Waals surface area (Å²) in [6.45, 7) is 0.0802. The Balaban J connectivity index is 2.50. The predicted molar refractivity (Wildman–Crippen MR) is 75.3 cm³/mol. The van der Waals surface area contributed by atoms with Crippen LogP contribution in [0.5, 0.6) is 0 Å². The Kier molecular flexibility index (Phi) is 6.32. The molecule has 0 aliphatic carbocycles. The van der Waals surface area contributed by atoms with Crippen molar-refractivity contribution in [1.29, 1.82) is 0 Å². The molecule has 0 atom stereocenters. The zero-order valence-corrected chi connectivity index (χ0v) is 12.4. The number of rotatable bonds is 8. The van der Waals surface area contributed by atoms with Crippen LogP contribution in [0.4, 0.5) is 0 Å². The van der Waals surface area contributed by atoms with Crippen LogP contribution in [0.1, 0.15) is 28.8 Å². The summed E-state index contributed by atoms with van der Waals surface area (Å²) in [7, 11) is -2.23. The van der Waals surface area contributed by atoms with Crippen LogP contribution < -0.4 is 4.72 Å². The molecule has 0 amide bonds. The molecule has 8 heteroatoms. The molecule has 0 bridgehead atoms. The maximum Gasteiger partial charge on any atom is 0.337 e. The Labute approximate surface area is 123 Å². The molecular weight excluding hydrogens is 298 g/mol. The fourth-order valence-corrected chi connectivity index (χ4v) is 2.61. The maximum atomic E-state index is 11.6. The predicted octanol–water partition coefficient (Wildman–Crippen LogP) is 0.757. The van der Waals surface area contributed by atoms with Crippen molar-refractivity contribution in [3.8, 4) is 0 Å². The number of carbonyl (C=O) groups excluding carboxylic acids is 1. The van der Waals surface area contributed by atoms with Crippen LogP contribution in [-0.4, -0.2) is 38.3 Å². The molecule has 0 aromatic heterocycles. The van der Waals surface area contributed by atoms with Gasteiger partial charge in [-0.1, -0.05) is 12.1 Å². The van der Waals surface area contributed by atoms with E-state index in [9.17, 15) is 18.0 Å². The number of benzene rings is 1. The second-order valence-electron chi connectivity index (χ2n) is 4.33. The monoisotopic (exact) mass is 315 g/mol. The molecule has 0 saturated heterocycles. The Morgan fingerprint density at radius 1 is 1.24 bits per heavy atom. The lowest BCUT2D eigenvalue weighted by atomic mass is 10.1. The molecule has 0 unspecified atom stereocenters. The number of hydrogen-bond donors (Lipinski definition) is 2. The topological polar surface area (TPSA) is 110 Å². The van der Waals surface area contributed by atoms with Crippen LogP contribution in [0, 0.1) is 0 Å². The highest BCUT2D eigenvalue weighted by Gasteiger charge is 2.11. The number of hydrogen-bond acceptors (Lipinski definition) is 5. The molecule has 0 radical (unpaired) electrons. The Morgan fingerprint density at radius 3 is 2.38 bits per heavy atom. The van der Waals surface area contributed by atoms with Gasteiger partial charge in [0.05, 0.1) is 18.4 Å². The van der Waals surface area contributed by atoms with Crippen molar-refractivity contribution in [2.75, 3.05) is 12.9 Å². The number of carbonyl (C=O) groups is 2. The Morgan fingerprint density at radius 2 is 1.86 bits per heavy atom. The van der Waals surface area contributed by atoms with E-state index in [1.807, 2.05) is 0 Å². The number of methoxy groups -OCH3 is 1. The van der Waals surface area contributed by atoms with Gasteiger partial charge in [0, 0.05) is 13.0 Å². The second-order valence-corrected chi connectivity index (χ2v) is 6.25. The summed E-state index contributed by atoms with van der Waals surface area (Å²) in [6, 6.07) is 6.32. The number of aliphatic carboxylic acids is 1. The second kappa shape index (κ2) is 7.75. The average Bonchev–Trinajstić information content (AvgIpc) is 2.44. The van der Waals surface area contributed by atoms with E-state index >= 15 is 0 Å². The lowest BCUT2D eigenvalue weighted by molar-refractivity contribution is -0.137. The van der Waals surface area contributed by atoms with Crippen LogP contribution in [-0.2, 0) is 26.1 Å². The van der Waals surface area contributed by atoms with Crippen LogP contribution in [0.25, 0.3) is 0 Å². The minimum atomic E-state index is -3.51. The van der Waals surface area contributed by atoms with E-state index in [4.69, 9.17) is 5.11 Å². The van der Waals surface area contributed by atoms with Gasteiger partial charge in [-0.25, -0.2) is 17.9 Å². The van der Waals surface area contributed by atoms with Gasteiger partial charge in [0.2, 0.25) is 10.0 Å². The Hall–Kier alpha value is -1.93. The van der Waals surface area contributed by atoms with Crippen molar-refractivity contribution in [2.45, 2.75) is 19.4 Å². The smallest absolute Gasteiger partial charge is 0.337 e. The average molecular weight is 315 g/mol. The van der Waals surface area contributed by atoms with Gasteiger partial charge in [-0.05, 0) is 24.1 Å². The quantitative estimate of drug-likeness (QED) is 0.685. The number of carboxylic acids is 1. The molecule has 1 aromatic rings. The number of esters is 1. The summed E-state index contributed by atoms with van der Waals surface area (Å²) in [5, 5.41) is 8.46. The summed E-state index contributed by atoms with van der Waals surface area (Å²) in [5.74, 6) is -1.72. The van der Waals surface area contributed by atoms with Gasteiger partial charge in [-0.3, -0.25) is 4.79 Å². The van der Waals surface area contributed by atoms with E-state index in [-0.39, 0.29) is 25.1 Å². The maximum absolute atomic E-state index is 11.6. The number of nitrogens with one attached hydrogen (secondary N) is 1. The summed E-state index contributed by atoms with van der Waals surface area (Å²) in [5.41, 5.74) is 1.06. The first-order valence-corrected chi connectivity index (χ1v) is 7.85. The van der Waals surface area contributed by atoms with E-state index in [0.29, 0.717) is 11.1 Å². The molecule has 0 aliphatic heterocycles. The zero-order valence-electron chi connectivity index (χ0n) is 11.5. The first kappa shape index (κ1) is 17.1. The van der Waals surface area contributed by atoms with E-state index in [0.717, 1.165) is 0 Å².